The van der Waals surface area contributed by atoms with Crippen molar-refractivity contribution in [1.82, 2.24) is 9.80 Å². The molecule has 30 heavy (non-hydrogen) atoms. The summed E-state index contributed by atoms with van der Waals surface area (Å²) < 4.78 is 25.6. The Morgan fingerprint density at radius 1 is 1.23 bits per heavy atom. The van der Waals surface area contributed by atoms with E-state index in [9.17, 15) is 23.5 Å². The second kappa shape index (κ2) is 9.04. The number of amides is 2. The number of fused-ring (bicyclic) bond motifs is 1. The molecule has 2 amide bonds. The van der Waals surface area contributed by atoms with Crippen LogP contribution in [0.3, 0.4) is 0 Å². The van der Waals surface area contributed by atoms with E-state index in [1.165, 1.54) is 17.0 Å². The number of carbonyl (C=O) groups excluding carboxylic acids is 2. The topological polar surface area (TPSA) is 72.9 Å². The summed E-state index contributed by atoms with van der Waals surface area (Å²) in [6.45, 7) is 1.17. The number of phenols is 1. The van der Waals surface area contributed by atoms with Gasteiger partial charge in [0.15, 0.2) is 0 Å². The highest BCUT2D eigenvalue weighted by Gasteiger charge is 2.28. The molecule has 2 aromatic rings. The molecule has 0 saturated carbocycles. The smallest absolute Gasteiger partial charge is 0.263 e. The Hall–Kier alpha value is -3.26. The Labute approximate surface area is 173 Å². The van der Waals surface area contributed by atoms with Crippen LogP contribution in [-0.2, 0) is 17.9 Å². The largest absolute Gasteiger partial charge is 0.507 e. The van der Waals surface area contributed by atoms with Gasteiger partial charge < -0.3 is 20.2 Å². The molecule has 2 N–H and O–H groups in total. The van der Waals surface area contributed by atoms with Crippen LogP contribution in [-0.4, -0.2) is 47.4 Å². The lowest BCUT2D eigenvalue weighted by Crippen LogP contribution is -2.25. The van der Waals surface area contributed by atoms with Crippen LogP contribution in [0, 0.1) is 0 Å². The van der Waals surface area contributed by atoms with Gasteiger partial charge in [0.2, 0.25) is 5.91 Å². The molecular weight excluding hydrogens is 392 g/mol. The number of nitrogens with one attached hydrogen (secondary N) is 1. The van der Waals surface area contributed by atoms with Gasteiger partial charge in [-0.1, -0.05) is 24.3 Å². The monoisotopic (exact) mass is 415 g/mol. The normalized spacial score (nSPS) is 13.3. The Morgan fingerprint density at radius 3 is 2.67 bits per heavy atom. The zero-order valence-corrected chi connectivity index (χ0v) is 16.7. The second-order valence-electron chi connectivity index (χ2n) is 7.34. The standard InChI is InChI=1S/C22H23F2N3O3/c1-26(2)10-4-7-20(29)25-18-6-3-5-15-12-27(13-17(15)18)22(30)16-9-8-14(21(23)24)11-19(16)28/h3-9,11,21,28H,10,12-13H2,1-2H3,(H,25,29)/b7-4+. The van der Waals surface area contributed by atoms with Gasteiger partial charge in [0.05, 0.1) is 5.56 Å². The molecule has 0 radical (unpaired) electrons. The molecule has 0 spiro atoms. The molecule has 1 heterocycles. The second-order valence-corrected chi connectivity index (χ2v) is 7.34. The van der Waals surface area contributed by atoms with Crippen molar-refractivity contribution in [3.05, 3.63) is 70.8 Å². The number of hydrogen-bond donors (Lipinski definition) is 2. The Balaban J connectivity index is 1.74. The van der Waals surface area contributed by atoms with E-state index in [0.29, 0.717) is 18.8 Å². The zero-order chi connectivity index (χ0) is 21.8. The van der Waals surface area contributed by atoms with Crippen LogP contribution in [0.1, 0.15) is 33.5 Å². The summed E-state index contributed by atoms with van der Waals surface area (Å²) in [5.41, 5.74) is 1.91. The Morgan fingerprint density at radius 2 is 2.00 bits per heavy atom. The Kier molecular flexibility index (Phi) is 6.47. The van der Waals surface area contributed by atoms with Crippen LogP contribution in [0.15, 0.2) is 48.6 Å². The molecule has 0 unspecified atom stereocenters. The zero-order valence-electron chi connectivity index (χ0n) is 16.7. The van der Waals surface area contributed by atoms with E-state index in [0.717, 1.165) is 23.3 Å². The fraction of sp³-hybridized carbons (Fsp3) is 0.273. The fourth-order valence-corrected chi connectivity index (χ4v) is 3.26. The molecular formula is C22H23F2N3O3. The van der Waals surface area contributed by atoms with Crippen molar-refractivity contribution >= 4 is 17.5 Å². The molecule has 1 aliphatic heterocycles. The summed E-state index contributed by atoms with van der Waals surface area (Å²) in [5, 5.41) is 12.9. The van der Waals surface area contributed by atoms with Crippen molar-refractivity contribution in [3.8, 4) is 5.75 Å². The van der Waals surface area contributed by atoms with Crippen molar-refractivity contribution in [2.75, 3.05) is 26.0 Å². The molecule has 0 fully saturated rings. The lowest BCUT2D eigenvalue weighted by atomic mass is 10.1. The summed E-state index contributed by atoms with van der Waals surface area (Å²) >= 11 is 0. The van der Waals surface area contributed by atoms with E-state index in [1.54, 1.807) is 18.2 Å². The molecule has 2 aromatic carbocycles. The van der Waals surface area contributed by atoms with Crippen molar-refractivity contribution < 1.29 is 23.5 Å². The summed E-state index contributed by atoms with van der Waals surface area (Å²) in [6.07, 6.45) is 0.481. The molecule has 158 valence electrons. The maximum atomic E-state index is 12.8. The van der Waals surface area contributed by atoms with E-state index in [4.69, 9.17) is 0 Å². The number of nitrogens with zero attached hydrogens (tertiary/aromatic N) is 2. The van der Waals surface area contributed by atoms with E-state index in [1.807, 2.05) is 25.1 Å². The minimum Gasteiger partial charge on any atom is -0.507 e. The number of carbonyl (C=O) groups is 2. The number of alkyl halides is 2. The molecule has 0 bridgehead atoms. The molecule has 8 heteroatoms. The predicted molar refractivity (Wildman–Crippen MR) is 109 cm³/mol. The minimum atomic E-state index is -2.73. The van der Waals surface area contributed by atoms with Gasteiger partial charge in [0, 0.05) is 42.5 Å². The van der Waals surface area contributed by atoms with Gasteiger partial charge in [-0.05, 0) is 37.9 Å². The van der Waals surface area contributed by atoms with Crippen LogP contribution in [0.25, 0.3) is 0 Å². The van der Waals surface area contributed by atoms with Gasteiger partial charge in [-0.25, -0.2) is 8.78 Å². The van der Waals surface area contributed by atoms with Gasteiger partial charge in [-0.3, -0.25) is 9.59 Å². The van der Waals surface area contributed by atoms with E-state index in [2.05, 4.69) is 5.32 Å². The number of rotatable bonds is 6. The SMILES string of the molecule is CN(C)C/C=C/C(=O)Nc1cccc2c1CN(C(=O)c1ccc(C(F)F)cc1O)C2. The van der Waals surface area contributed by atoms with Crippen molar-refractivity contribution in [2.45, 2.75) is 19.5 Å². The third kappa shape index (κ3) is 4.83. The van der Waals surface area contributed by atoms with Gasteiger partial charge in [0.25, 0.3) is 12.3 Å². The first kappa shape index (κ1) is 21.4. The summed E-state index contributed by atoms with van der Waals surface area (Å²) in [7, 11) is 3.80. The molecule has 0 atom stereocenters. The quantitative estimate of drug-likeness (QED) is 0.708. The van der Waals surface area contributed by atoms with Gasteiger partial charge in [-0.2, -0.15) is 0 Å². The summed E-state index contributed by atoms with van der Waals surface area (Å²) in [4.78, 5) is 28.4. The van der Waals surface area contributed by atoms with Gasteiger partial charge in [0.1, 0.15) is 5.75 Å². The van der Waals surface area contributed by atoms with Crippen LogP contribution >= 0.6 is 0 Å². The number of hydrogen-bond acceptors (Lipinski definition) is 4. The average Bonchev–Trinajstić information content (AvgIpc) is 3.12. The van der Waals surface area contributed by atoms with Crippen molar-refractivity contribution in [1.29, 1.82) is 0 Å². The molecule has 0 aliphatic carbocycles. The molecule has 0 saturated heterocycles. The Bertz CT molecular complexity index is 990. The van der Waals surface area contributed by atoms with E-state index in [-0.39, 0.29) is 23.6 Å². The highest BCUT2D eigenvalue weighted by atomic mass is 19.3. The maximum Gasteiger partial charge on any atom is 0.263 e. The van der Waals surface area contributed by atoms with Crippen LogP contribution in [0.5, 0.6) is 5.75 Å². The molecule has 3 rings (SSSR count). The predicted octanol–water partition coefficient (Wildman–Crippen LogP) is 3.54. The van der Waals surface area contributed by atoms with E-state index >= 15 is 0 Å². The van der Waals surface area contributed by atoms with Crippen LogP contribution in [0.4, 0.5) is 14.5 Å². The van der Waals surface area contributed by atoms with Crippen LogP contribution in [0.2, 0.25) is 0 Å². The molecule has 6 nitrogen and oxygen atoms in total. The highest BCUT2D eigenvalue weighted by molar-refractivity contribution is 6.00. The minimum absolute atomic E-state index is 0.0376. The fourth-order valence-electron chi connectivity index (χ4n) is 3.26. The molecule has 0 aromatic heterocycles. The average molecular weight is 415 g/mol. The van der Waals surface area contributed by atoms with Crippen LogP contribution < -0.4 is 5.32 Å². The van der Waals surface area contributed by atoms with Gasteiger partial charge in [-0.15, -0.1) is 0 Å². The summed E-state index contributed by atoms with van der Waals surface area (Å²) in [5.74, 6) is -1.21. The number of anilines is 1. The highest BCUT2D eigenvalue weighted by Crippen LogP contribution is 2.32. The van der Waals surface area contributed by atoms with Crippen molar-refractivity contribution in [3.63, 3.8) is 0 Å². The number of likely N-dealkylation sites (N-methyl/N-ethyl adjacent to an activating group) is 1. The first-order valence-electron chi connectivity index (χ1n) is 9.39. The molecule has 1 aliphatic rings. The maximum absolute atomic E-state index is 12.8. The number of aromatic hydroxyl groups is 1. The van der Waals surface area contributed by atoms with E-state index < -0.39 is 18.1 Å². The summed E-state index contributed by atoms with van der Waals surface area (Å²) in [6, 6.07) is 8.67. The first-order valence-corrected chi connectivity index (χ1v) is 9.39. The van der Waals surface area contributed by atoms with Crippen molar-refractivity contribution in [2.24, 2.45) is 0 Å². The van der Waals surface area contributed by atoms with Gasteiger partial charge >= 0.3 is 0 Å². The number of benzene rings is 2. The number of halogens is 2. The third-order valence-electron chi connectivity index (χ3n) is 4.77. The number of phenolic OH excluding ortho intramolecular Hbond substituents is 1. The lowest BCUT2D eigenvalue weighted by molar-refractivity contribution is -0.111. The third-order valence-corrected chi connectivity index (χ3v) is 4.77. The lowest BCUT2D eigenvalue weighted by Gasteiger charge is -2.17. The first-order chi connectivity index (χ1) is 14.3.